The first-order valence-corrected chi connectivity index (χ1v) is 7.02. The van der Waals surface area contributed by atoms with Crippen LogP contribution in [-0.2, 0) is 0 Å². The molecule has 1 heterocycles. The van der Waals surface area contributed by atoms with E-state index in [4.69, 9.17) is 0 Å². The third-order valence-corrected chi connectivity index (χ3v) is 3.90. The van der Waals surface area contributed by atoms with E-state index in [1.165, 1.54) is 12.8 Å². The largest absolute Gasteiger partial charge is 0.340 e. The van der Waals surface area contributed by atoms with Crippen molar-refractivity contribution in [1.29, 1.82) is 0 Å². The van der Waals surface area contributed by atoms with E-state index in [0.717, 1.165) is 24.3 Å². The quantitative estimate of drug-likeness (QED) is 0.927. The molecule has 0 atom stereocenters. The van der Waals surface area contributed by atoms with E-state index in [1.54, 1.807) is 24.1 Å². The second kappa shape index (κ2) is 5.12. The molecule has 4 heteroatoms. The van der Waals surface area contributed by atoms with Gasteiger partial charge in [-0.25, -0.2) is 0 Å². The predicted octanol–water partition coefficient (Wildman–Crippen LogP) is 2.40. The Kier molecular flexibility index (Phi) is 3.30. The van der Waals surface area contributed by atoms with Gasteiger partial charge in [0.05, 0.1) is 0 Å². The van der Waals surface area contributed by atoms with Crippen molar-refractivity contribution in [2.45, 2.75) is 19.3 Å². The maximum Gasteiger partial charge on any atom is 0.270 e. The predicted molar refractivity (Wildman–Crippen MR) is 78.9 cm³/mol. The number of amides is 1. The zero-order chi connectivity index (χ0) is 14.1. The molecule has 1 saturated carbocycles. The highest BCUT2D eigenvalue weighted by Crippen LogP contribution is 2.32. The van der Waals surface area contributed by atoms with Gasteiger partial charge in [0.1, 0.15) is 5.69 Å². The fourth-order valence-corrected chi connectivity index (χ4v) is 2.42. The normalized spacial score (nSPS) is 14.4. The number of hydrogen-bond donors (Lipinski definition) is 1. The molecule has 1 aromatic carbocycles. The van der Waals surface area contributed by atoms with Crippen LogP contribution in [0.15, 0.2) is 35.1 Å². The van der Waals surface area contributed by atoms with Gasteiger partial charge < -0.3 is 9.88 Å². The summed E-state index contributed by atoms with van der Waals surface area (Å²) in [6.07, 6.45) is 3.63. The Morgan fingerprint density at radius 1 is 1.35 bits per heavy atom. The Balaban J connectivity index is 1.84. The summed E-state index contributed by atoms with van der Waals surface area (Å²) in [5, 5.41) is 1.42. The minimum atomic E-state index is -0.206. The zero-order valence-electron chi connectivity index (χ0n) is 11.6. The van der Waals surface area contributed by atoms with Gasteiger partial charge in [-0.1, -0.05) is 31.0 Å². The Morgan fingerprint density at radius 2 is 2.10 bits per heavy atom. The number of H-pyrrole nitrogens is 1. The maximum atomic E-state index is 12.3. The Morgan fingerprint density at radius 3 is 2.85 bits per heavy atom. The van der Waals surface area contributed by atoms with Crippen molar-refractivity contribution >= 4 is 16.7 Å². The van der Waals surface area contributed by atoms with Crippen LogP contribution in [0.4, 0.5) is 0 Å². The number of nitrogens with one attached hydrogen (secondary N) is 1. The van der Waals surface area contributed by atoms with Crippen LogP contribution in [0.25, 0.3) is 10.8 Å². The second-order valence-corrected chi connectivity index (χ2v) is 5.56. The van der Waals surface area contributed by atoms with E-state index < -0.39 is 0 Å². The van der Waals surface area contributed by atoms with Crippen LogP contribution in [-0.4, -0.2) is 29.4 Å². The third kappa shape index (κ3) is 2.59. The summed E-state index contributed by atoms with van der Waals surface area (Å²) in [7, 11) is 1.79. The molecule has 104 valence electrons. The summed E-state index contributed by atoms with van der Waals surface area (Å²) < 4.78 is 0. The molecule has 1 aliphatic carbocycles. The van der Waals surface area contributed by atoms with Crippen LogP contribution in [0.5, 0.6) is 0 Å². The highest BCUT2D eigenvalue weighted by molar-refractivity contribution is 5.96. The van der Waals surface area contributed by atoms with E-state index in [9.17, 15) is 9.59 Å². The molecule has 2 aromatic rings. The zero-order valence-corrected chi connectivity index (χ0v) is 11.6. The van der Waals surface area contributed by atoms with Crippen LogP contribution in [0.1, 0.15) is 29.8 Å². The highest BCUT2D eigenvalue weighted by Gasteiger charge is 2.22. The molecule has 1 amide bonds. The Labute approximate surface area is 117 Å². The monoisotopic (exact) mass is 270 g/mol. The molecule has 4 nitrogen and oxygen atoms in total. The number of aromatic nitrogens is 1. The lowest BCUT2D eigenvalue weighted by Gasteiger charge is -2.17. The van der Waals surface area contributed by atoms with Crippen molar-refractivity contribution in [3.05, 3.63) is 46.4 Å². The van der Waals surface area contributed by atoms with Gasteiger partial charge in [-0.3, -0.25) is 9.59 Å². The lowest BCUT2D eigenvalue weighted by molar-refractivity contribution is 0.0786. The molecule has 0 unspecified atom stereocenters. The molecule has 0 aliphatic heterocycles. The molecule has 1 aliphatic rings. The van der Waals surface area contributed by atoms with Gasteiger partial charge in [0.25, 0.3) is 11.5 Å². The van der Waals surface area contributed by atoms with Crippen LogP contribution in [0, 0.1) is 5.92 Å². The topological polar surface area (TPSA) is 53.2 Å². The van der Waals surface area contributed by atoms with Crippen LogP contribution >= 0.6 is 0 Å². The van der Waals surface area contributed by atoms with Crippen LogP contribution in [0.2, 0.25) is 0 Å². The van der Waals surface area contributed by atoms with Gasteiger partial charge in [-0.2, -0.15) is 0 Å². The molecular weight excluding hydrogens is 252 g/mol. The Hall–Kier alpha value is -2.10. The molecule has 1 fully saturated rings. The number of fused-ring (bicyclic) bond motifs is 1. The van der Waals surface area contributed by atoms with Gasteiger partial charge in [0, 0.05) is 19.0 Å². The first kappa shape index (κ1) is 12.9. The first-order chi connectivity index (χ1) is 9.65. The van der Waals surface area contributed by atoms with E-state index in [0.29, 0.717) is 11.1 Å². The van der Waals surface area contributed by atoms with Gasteiger partial charge in [-0.15, -0.1) is 0 Å². The van der Waals surface area contributed by atoms with E-state index >= 15 is 0 Å². The SMILES string of the molecule is CN(CCC1CC1)C(=O)c1cc2ccccc2c(=O)[nH]1. The molecule has 0 bridgehead atoms. The van der Waals surface area contributed by atoms with Gasteiger partial charge in [0.2, 0.25) is 0 Å². The van der Waals surface area contributed by atoms with Crippen LogP contribution < -0.4 is 5.56 Å². The fraction of sp³-hybridized carbons (Fsp3) is 0.375. The number of carbonyl (C=O) groups excluding carboxylic acids is 1. The van der Waals surface area contributed by atoms with Crippen molar-refractivity contribution in [2.75, 3.05) is 13.6 Å². The van der Waals surface area contributed by atoms with E-state index in [2.05, 4.69) is 4.98 Å². The molecular formula is C16H18N2O2. The van der Waals surface area contributed by atoms with E-state index in [1.807, 2.05) is 18.2 Å². The van der Waals surface area contributed by atoms with Gasteiger partial charge in [-0.05, 0) is 29.9 Å². The average Bonchev–Trinajstić information content (AvgIpc) is 3.28. The highest BCUT2D eigenvalue weighted by atomic mass is 16.2. The summed E-state index contributed by atoms with van der Waals surface area (Å²) in [4.78, 5) is 28.7. The van der Waals surface area contributed by atoms with Crippen LogP contribution in [0.3, 0.4) is 0 Å². The molecule has 0 spiro atoms. The number of rotatable bonds is 4. The number of hydrogen-bond acceptors (Lipinski definition) is 2. The molecule has 20 heavy (non-hydrogen) atoms. The number of pyridine rings is 1. The van der Waals surface area contributed by atoms with E-state index in [-0.39, 0.29) is 11.5 Å². The summed E-state index contributed by atoms with van der Waals surface area (Å²) in [6, 6.07) is 9.06. The Bertz CT molecular complexity index is 701. The molecule has 0 radical (unpaired) electrons. The molecule has 1 N–H and O–H groups in total. The molecule has 1 aromatic heterocycles. The number of carbonyl (C=O) groups is 1. The summed E-state index contributed by atoms with van der Waals surface area (Å²) in [5.74, 6) is 0.675. The average molecular weight is 270 g/mol. The third-order valence-electron chi connectivity index (χ3n) is 3.90. The maximum absolute atomic E-state index is 12.3. The lowest BCUT2D eigenvalue weighted by atomic mass is 10.1. The second-order valence-electron chi connectivity index (χ2n) is 5.56. The minimum absolute atomic E-state index is 0.117. The van der Waals surface area contributed by atoms with Crippen molar-refractivity contribution in [1.82, 2.24) is 9.88 Å². The summed E-state index contributed by atoms with van der Waals surface area (Å²) >= 11 is 0. The number of aromatic amines is 1. The van der Waals surface area contributed by atoms with Crippen molar-refractivity contribution in [3.63, 3.8) is 0 Å². The van der Waals surface area contributed by atoms with Gasteiger partial charge >= 0.3 is 0 Å². The van der Waals surface area contributed by atoms with Crippen molar-refractivity contribution in [2.24, 2.45) is 5.92 Å². The summed E-state index contributed by atoms with van der Waals surface area (Å²) in [5.41, 5.74) is 0.161. The van der Waals surface area contributed by atoms with Gasteiger partial charge in [0.15, 0.2) is 0 Å². The number of nitrogens with zero attached hydrogens (tertiary/aromatic N) is 1. The summed E-state index contributed by atoms with van der Waals surface area (Å²) in [6.45, 7) is 0.748. The van der Waals surface area contributed by atoms with Crippen molar-refractivity contribution in [3.8, 4) is 0 Å². The lowest BCUT2D eigenvalue weighted by Crippen LogP contribution is -2.30. The molecule has 0 saturated heterocycles. The molecule has 3 rings (SSSR count). The first-order valence-electron chi connectivity index (χ1n) is 7.02. The minimum Gasteiger partial charge on any atom is -0.340 e. The van der Waals surface area contributed by atoms with Crippen molar-refractivity contribution < 1.29 is 4.79 Å². The fourth-order valence-electron chi connectivity index (χ4n) is 2.42. The standard InChI is InChI=1S/C16H18N2O2/c1-18(9-8-11-6-7-11)16(20)14-10-12-4-2-3-5-13(12)15(19)17-14/h2-5,10-11H,6-9H2,1H3,(H,17,19). The number of benzene rings is 1. The smallest absolute Gasteiger partial charge is 0.270 e.